The van der Waals surface area contributed by atoms with Gasteiger partial charge in [0, 0.05) is 35.4 Å². The number of carbonyl (C=O) groups is 4. The summed E-state index contributed by atoms with van der Waals surface area (Å²) in [7, 11) is 0. The zero-order valence-corrected chi connectivity index (χ0v) is 22.0. The number of amides is 3. The van der Waals surface area contributed by atoms with Gasteiger partial charge in [-0.3, -0.25) is 19.2 Å². The average molecular weight is 526 g/mol. The van der Waals surface area contributed by atoms with Crippen molar-refractivity contribution < 1.29 is 23.9 Å². The van der Waals surface area contributed by atoms with Gasteiger partial charge in [-0.05, 0) is 55.9 Å². The Kier molecular flexibility index (Phi) is 10.6. The third kappa shape index (κ3) is 9.29. The number of nitrogens with one attached hydrogen (secondary N) is 3. The predicted octanol–water partition coefficient (Wildman–Crippen LogP) is 2.23. The molecule has 3 rings (SSSR count). The van der Waals surface area contributed by atoms with Gasteiger partial charge in [-0.2, -0.15) is 12.6 Å². The fourth-order valence-electron chi connectivity index (χ4n) is 4.31. The Bertz CT molecular complexity index is 1040. The summed E-state index contributed by atoms with van der Waals surface area (Å²) < 4.78 is 5.04. The van der Waals surface area contributed by atoms with E-state index in [9.17, 15) is 19.2 Å². The number of rotatable bonds is 13. The van der Waals surface area contributed by atoms with E-state index in [1.807, 2.05) is 12.1 Å². The molecule has 2 aliphatic rings. The minimum atomic E-state index is -0.739. The molecular formula is C28H35N3O5S. The summed E-state index contributed by atoms with van der Waals surface area (Å²) in [5.41, 5.74) is 1.56. The number of terminal acetylenes is 1. The van der Waals surface area contributed by atoms with Crippen LogP contribution in [0.2, 0.25) is 0 Å². The lowest BCUT2D eigenvalue weighted by Gasteiger charge is -2.28. The van der Waals surface area contributed by atoms with Crippen LogP contribution < -0.4 is 16.0 Å². The van der Waals surface area contributed by atoms with Gasteiger partial charge in [-0.25, -0.2) is 0 Å². The number of hydrogen-bond acceptors (Lipinski definition) is 6. The van der Waals surface area contributed by atoms with Crippen LogP contribution in [0, 0.1) is 24.2 Å². The van der Waals surface area contributed by atoms with Crippen LogP contribution in [0.1, 0.15) is 56.6 Å². The lowest BCUT2D eigenvalue weighted by Crippen LogP contribution is -2.52. The summed E-state index contributed by atoms with van der Waals surface area (Å²) in [5.74, 6) is 1.43. The monoisotopic (exact) mass is 525 g/mol. The van der Waals surface area contributed by atoms with Crippen LogP contribution in [0.3, 0.4) is 0 Å². The van der Waals surface area contributed by atoms with Gasteiger partial charge in [0.15, 0.2) is 0 Å². The molecule has 9 heteroatoms. The third-order valence-corrected chi connectivity index (χ3v) is 7.12. The minimum Gasteiger partial charge on any atom is -0.466 e. The largest absolute Gasteiger partial charge is 0.466 e. The Hall–Kier alpha value is -3.25. The Morgan fingerprint density at radius 3 is 2.51 bits per heavy atom. The van der Waals surface area contributed by atoms with Crippen LogP contribution in [0.4, 0.5) is 0 Å². The lowest BCUT2D eigenvalue weighted by molar-refractivity contribution is -0.143. The first-order chi connectivity index (χ1) is 17.8. The number of benzene rings is 1. The first-order valence-corrected chi connectivity index (χ1v) is 13.3. The standard InChI is InChI=1S/C28H35N3O5S/c1-3-18-5-7-19(8-6-18)11-12-25(32)30-23(15-20-9-10-20)28(35)31-22(16-21-13-14-29-27(21)34)24(37)17-26(33)36-4-2/h1,5-8,11-12,20-24,37H,4,9-10,13-17H2,2H3,(H,29,34)(H,30,32)(H,31,35)/b12-11+/t21-,22-,23-,24-/m0/s1. The van der Waals surface area contributed by atoms with E-state index in [-0.39, 0.29) is 36.7 Å². The number of esters is 1. The quantitative estimate of drug-likeness (QED) is 0.137. The van der Waals surface area contributed by atoms with Gasteiger partial charge in [-0.1, -0.05) is 30.9 Å². The molecule has 4 atom stereocenters. The van der Waals surface area contributed by atoms with E-state index < -0.39 is 23.3 Å². The molecule has 1 aromatic rings. The van der Waals surface area contributed by atoms with Crippen LogP contribution in [-0.4, -0.2) is 54.2 Å². The molecule has 3 N–H and O–H groups in total. The Labute approximate surface area is 223 Å². The van der Waals surface area contributed by atoms with Crippen LogP contribution in [0.15, 0.2) is 30.3 Å². The van der Waals surface area contributed by atoms with E-state index in [0.717, 1.165) is 24.0 Å². The summed E-state index contributed by atoms with van der Waals surface area (Å²) in [6, 6.07) is 5.92. The van der Waals surface area contributed by atoms with Gasteiger partial charge < -0.3 is 20.7 Å². The fourth-order valence-corrected chi connectivity index (χ4v) is 4.65. The number of ether oxygens (including phenoxy) is 1. The molecule has 2 fully saturated rings. The van der Waals surface area contributed by atoms with Gasteiger partial charge in [0.1, 0.15) is 6.04 Å². The molecule has 1 aliphatic heterocycles. The third-order valence-electron chi connectivity index (χ3n) is 6.58. The van der Waals surface area contributed by atoms with Gasteiger partial charge in [0.05, 0.1) is 13.0 Å². The van der Waals surface area contributed by atoms with Crippen molar-refractivity contribution in [2.24, 2.45) is 11.8 Å². The topological polar surface area (TPSA) is 114 Å². The molecule has 0 radical (unpaired) electrons. The Balaban J connectivity index is 1.66. The molecule has 0 bridgehead atoms. The summed E-state index contributed by atoms with van der Waals surface area (Å²) >= 11 is 4.58. The predicted molar refractivity (Wildman–Crippen MR) is 144 cm³/mol. The maximum atomic E-state index is 13.3. The highest BCUT2D eigenvalue weighted by Gasteiger charge is 2.35. The Morgan fingerprint density at radius 1 is 1.19 bits per heavy atom. The second kappa shape index (κ2) is 13.9. The smallest absolute Gasteiger partial charge is 0.306 e. The van der Waals surface area contributed by atoms with E-state index in [4.69, 9.17) is 11.2 Å². The zero-order valence-electron chi connectivity index (χ0n) is 21.1. The first kappa shape index (κ1) is 28.3. The molecule has 0 unspecified atom stereocenters. The van der Waals surface area contributed by atoms with Crippen LogP contribution in [0.25, 0.3) is 6.08 Å². The SMILES string of the molecule is C#Cc1ccc(/C=C/C(=O)N[C@@H](CC2CC2)C(=O)N[C@@H](C[C@@H]2CCNC2=O)[C@@H](S)CC(=O)OCC)cc1. The number of carbonyl (C=O) groups excluding carboxylic acids is 4. The molecule has 0 spiro atoms. The van der Waals surface area contributed by atoms with Gasteiger partial charge in [0.2, 0.25) is 17.7 Å². The van der Waals surface area contributed by atoms with Crippen molar-refractivity contribution >= 4 is 42.4 Å². The summed E-state index contributed by atoms with van der Waals surface area (Å²) in [6.45, 7) is 2.55. The molecule has 8 nitrogen and oxygen atoms in total. The molecule has 0 aromatic heterocycles. The molecular weight excluding hydrogens is 490 g/mol. The van der Waals surface area contributed by atoms with Gasteiger partial charge in [-0.15, -0.1) is 6.42 Å². The minimum absolute atomic E-state index is 0.00289. The van der Waals surface area contributed by atoms with E-state index in [1.165, 1.54) is 6.08 Å². The summed E-state index contributed by atoms with van der Waals surface area (Å²) in [6.07, 6.45) is 12.0. The molecule has 1 heterocycles. The summed E-state index contributed by atoms with van der Waals surface area (Å²) in [5, 5.41) is 8.06. The van der Waals surface area contributed by atoms with E-state index in [2.05, 4.69) is 34.5 Å². The summed E-state index contributed by atoms with van der Waals surface area (Å²) in [4.78, 5) is 50.3. The highest BCUT2D eigenvalue weighted by Crippen LogP contribution is 2.33. The Morgan fingerprint density at radius 2 is 1.92 bits per heavy atom. The maximum absolute atomic E-state index is 13.3. The normalized spacial score (nSPS) is 19.4. The first-order valence-electron chi connectivity index (χ1n) is 12.8. The highest BCUT2D eigenvalue weighted by atomic mass is 32.1. The maximum Gasteiger partial charge on any atom is 0.306 e. The van der Waals surface area contributed by atoms with Crippen molar-refractivity contribution in [3.63, 3.8) is 0 Å². The van der Waals surface area contributed by atoms with Crippen LogP contribution in [-0.2, 0) is 23.9 Å². The fraction of sp³-hybridized carbons (Fsp3) is 0.500. The van der Waals surface area contributed by atoms with Crippen LogP contribution >= 0.6 is 12.6 Å². The van der Waals surface area contributed by atoms with E-state index in [0.29, 0.717) is 31.7 Å². The van der Waals surface area contributed by atoms with Gasteiger partial charge >= 0.3 is 5.97 Å². The molecule has 1 aliphatic carbocycles. The van der Waals surface area contributed by atoms with Crippen molar-refractivity contribution in [3.05, 3.63) is 41.5 Å². The van der Waals surface area contributed by atoms with Crippen molar-refractivity contribution in [3.8, 4) is 12.3 Å². The van der Waals surface area contributed by atoms with Crippen LogP contribution in [0.5, 0.6) is 0 Å². The van der Waals surface area contributed by atoms with E-state index >= 15 is 0 Å². The molecule has 198 valence electrons. The van der Waals surface area contributed by atoms with Crippen molar-refractivity contribution in [2.75, 3.05) is 13.2 Å². The molecule has 37 heavy (non-hydrogen) atoms. The van der Waals surface area contributed by atoms with E-state index in [1.54, 1.807) is 25.1 Å². The molecule has 1 saturated heterocycles. The van der Waals surface area contributed by atoms with Crippen molar-refractivity contribution in [2.45, 2.75) is 62.8 Å². The second-order valence-electron chi connectivity index (χ2n) is 9.54. The highest BCUT2D eigenvalue weighted by molar-refractivity contribution is 7.81. The molecule has 1 aromatic carbocycles. The van der Waals surface area contributed by atoms with Crippen molar-refractivity contribution in [1.29, 1.82) is 0 Å². The molecule has 1 saturated carbocycles. The average Bonchev–Trinajstić information content (AvgIpc) is 3.61. The zero-order chi connectivity index (χ0) is 26.8. The number of hydrogen-bond donors (Lipinski definition) is 4. The van der Waals surface area contributed by atoms with Crippen molar-refractivity contribution in [1.82, 2.24) is 16.0 Å². The van der Waals surface area contributed by atoms with Gasteiger partial charge in [0.25, 0.3) is 0 Å². The molecule has 3 amide bonds. The lowest BCUT2D eigenvalue weighted by atomic mass is 9.94. The number of thiol groups is 1. The second-order valence-corrected chi connectivity index (χ2v) is 10.2.